The van der Waals surface area contributed by atoms with Crippen LogP contribution in [-0.4, -0.2) is 9.13 Å². The summed E-state index contributed by atoms with van der Waals surface area (Å²) in [7, 11) is -6.34. The van der Waals surface area contributed by atoms with Gasteiger partial charge in [0, 0.05) is 98.9 Å². The third-order valence-corrected chi connectivity index (χ3v) is 30.8. The molecule has 2 atom stereocenters. The zero-order valence-corrected chi connectivity index (χ0v) is 68.3. The Morgan fingerprint density at radius 3 is 0.730 bits per heavy atom. The van der Waals surface area contributed by atoms with Crippen LogP contribution in [0, 0.1) is 0 Å². The molecule has 0 saturated carbocycles. The van der Waals surface area contributed by atoms with Gasteiger partial charge in [0.15, 0.2) is 14.3 Å². The molecule has 19 aromatic carbocycles. The minimum atomic E-state index is -3.18. The molecule has 0 bridgehead atoms. The number of rotatable bonds is 15. The fraction of sp³-hybridized carbons (Fsp3) is 0. The lowest BCUT2D eigenvalue weighted by Crippen LogP contribution is -2.21. The molecule has 8 heteroatoms. The molecular weight excluding hydrogens is 1520 g/mol. The van der Waals surface area contributed by atoms with Crippen LogP contribution in [0.3, 0.4) is 0 Å². The predicted molar refractivity (Wildman–Crippen MR) is 515 cm³/mol. The maximum absolute atomic E-state index is 15.8. The number of anilines is 6. The van der Waals surface area contributed by atoms with E-state index in [2.05, 4.69) is 419 Å². The van der Waals surface area contributed by atoms with Crippen molar-refractivity contribution in [2.75, 3.05) is 9.80 Å². The first-order valence-corrected chi connectivity index (χ1v) is 44.9. The summed E-state index contributed by atoms with van der Waals surface area (Å²) < 4.78 is 36.2. The summed E-state index contributed by atoms with van der Waals surface area (Å²) in [5.41, 5.74) is 28.9. The monoisotopic (exact) mass is 1600 g/mol. The second-order valence-corrected chi connectivity index (χ2v) is 36.6. The van der Waals surface area contributed by atoms with Gasteiger partial charge in [0.1, 0.15) is 0 Å². The zero-order chi connectivity index (χ0) is 81.2. The van der Waals surface area contributed by atoms with Crippen molar-refractivity contribution in [1.29, 1.82) is 0 Å². The second-order valence-electron chi connectivity index (χ2n) is 31.3. The van der Waals surface area contributed by atoms with Crippen molar-refractivity contribution in [3.8, 4) is 89.3 Å². The van der Waals surface area contributed by atoms with Crippen molar-refractivity contribution in [2.45, 2.75) is 0 Å². The van der Waals surface area contributed by atoms with E-state index in [4.69, 9.17) is 0 Å². The van der Waals surface area contributed by atoms with Crippen LogP contribution < -0.4 is 41.6 Å². The average Bonchev–Trinajstić information content (AvgIpc) is 1.53. The van der Waals surface area contributed by atoms with E-state index in [1.807, 2.05) is 72.8 Å². The van der Waals surface area contributed by atoms with Gasteiger partial charge in [-0.2, -0.15) is 0 Å². The van der Waals surface area contributed by atoms with E-state index in [1.54, 1.807) is 0 Å². The van der Waals surface area contributed by atoms with Gasteiger partial charge in [-0.15, -0.1) is 0 Å². The maximum Gasteiger partial charge on any atom is 0.172 e. The topological polar surface area (TPSA) is 50.5 Å². The first kappa shape index (κ1) is 73.2. The van der Waals surface area contributed by atoms with Gasteiger partial charge in [0.05, 0.1) is 22.1 Å². The van der Waals surface area contributed by atoms with Gasteiger partial charge in [-0.05, 0) is 199 Å². The molecule has 2 aliphatic rings. The fourth-order valence-corrected chi connectivity index (χ4v) is 25.3. The van der Waals surface area contributed by atoms with Crippen LogP contribution in [0.5, 0.6) is 0 Å². The molecule has 0 saturated heterocycles. The summed E-state index contributed by atoms with van der Waals surface area (Å²) >= 11 is 0. The molecule has 0 fully saturated rings. The lowest BCUT2D eigenvalue weighted by molar-refractivity contribution is 0.592. The van der Waals surface area contributed by atoms with Crippen LogP contribution in [0.25, 0.3) is 133 Å². The molecule has 6 nitrogen and oxygen atoms in total. The van der Waals surface area contributed by atoms with Gasteiger partial charge < -0.3 is 28.1 Å². The van der Waals surface area contributed by atoms with Crippen LogP contribution >= 0.6 is 14.3 Å². The highest BCUT2D eigenvalue weighted by atomic mass is 31.2. The van der Waals surface area contributed by atoms with Crippen LogP contribution in [0.1, 0.15) is 0 Å². The second kappa shape index (κ2) is 30.6. The number of hydrogen-bond donors (Lipinski definition) is 0. The van der Waals surface area contributed by atoms with E-state index in [-0.39, 0.29) is 0 Å². The predicted octanol–water partition coefficient (Wildman–Crippen LogP) is 28.1. The summed E-state index contributed by atoms with van der Waals surface area (Å²) in [6, 6.07) is 166. The number of aromatic nitrogens is 2. The van der Waals surface area contributed by atoms with Crippen molar-refractivity contribution in [3.63, 3.8) is 0 Å². The summed E-state index contributed by atoms with van der Waals surface area (Å²) in [4.78, 5) is 4.63. The van der Waals surface area contributed by atoms with E-state index >= 15 is 9.13 Å². The van der Waals surface area contributed by atoms with Crippen molar-refractivity contribution in [2.24, 2.45) is 0 Å². The van der Waals surface area contributed by atoms with Crippen LogP contribution in [0.2, 0.25) is 0 Å². The SMILES string of the molecule is O=P1(c2ccccc2)c2ccccc2-c2ccc3c(c21)c1ccccc1n3-c1ccc(-c2ccc(N(c3ccc(-c4ccccc4)cc3)c3ccc(-c4ccccc4)cc3)cc2)cc1.O=P1(c2ccccc2)c2ccccc2-c2ccc3c(c21)c1ccccc1n3-c1ccc(-c2ccc(N(c3ccccc3)c3ccc(-c4ccccc4)cc3)cc2)cc1. The number of hydrogen-bond acceptors (Lipinski definition) is 4. The Balaban J connectivity index is 0.000000146. The van der Waals surface area contributed by atoms with Crippen LogP contribution in [0.15, 0.2) is 473 Å². The van der Waals surface area contributed by atoms with Crippen LogP contribution in [0.4, 0.5) is 34.1 Å². The normalized spacial score (nSPS) is 14.2. The Bertz CT molecular complexity index is 7510. The molecule has 0 N–H and O–H groups in total. The Kier molecular flexibility index (Phi) is 18.4. The summed E-state index contributed by atoms with van der Waals surface area (Å²) in [5.74, 6) is 0. The largest absolute Gasteiger partial charge is 0.311 e. The average molecular weight is 1600 g/mol. The standard InChI is InChI=1S/C60H41N2OP.C54H37N2OP/c63-64(52-18-8-3-9-19-52)58-23-13-11-20-53(58)54-40-41-57-59(60(54)64)55-21-10-12-22-56(55)62(57)51-38-30-47(31-39-51)46-28-36-50(37-29-46)61(48-32-24-44(25-33-48)42-14-4-1-5-15-42)49-34-26-45(27-35-49)43-16-6-2-7-17-43;57-58(46-18-8-3-9-19-46)52-23-13-11-20-47(52)48-36-37-51-53(54(48)58)49-21-10-12-22-50(49)56(51)45-34-28-41(29-35-45)40-26-32-44(33-27-40)55(42-16-6-2-7-17-42)43-30-24-39(25-31-43)38-14-4-1-5-15-38/h1-41H;1-37H. The molecule has 0 amide bonds. The molecule has 576 valence electrons. The van der Waals surface area contributed by atoms with Gasteiger partial charge >= 0.3 is 0 Å². The third-order valence-electron chi connectivity index (χ3n) is 24.4. The van der Waals surface area contributed by atoms with E-state index in [0.29, 0.717) is 0 Å². The lowest BCUT2D eigenvalue weighted by atomic mass is 10.0. The van der Waals surface area contributed by atoms with Crippen molar-refractivity contribution in [3.05, 3.63) is 473 Å². The Morgan fingerprint density at radius 2 is 0.418 bits per heavy atom. The first-order chi connectivity index (χ1) is 60.3. The number of para-hydroxylation sites is 3. The van der Waals surface area contributed by atoms with E-state index in [9.17, 15) is 0 Å². The Morgan fingerprint density at radius 1 is 0.180 bits per heavy atom. The van der Waals surface area contributed by atoms with E-state index in [0.717, 1.165) is 165 Å². The highest BCUT2D eigenvalue weighted by Crippen LogP contribution is 2.57. The van der Waals surface area contributed by atoms with Crippen molar-refractivity contribution >= 4 is 124 Å². The molecule has 2 aromatic heterocycles. The molecule has 2 unspecified atom stereocenters. The van der Waals surface area contributed by atoms with E-state index in [1.165, 1.54) is 33.4 Å². The molecule has 23 rings (SSSR count). The van der Waals surface area contributed by atoms with Crippen molar-refractivity contribution < 1.29 is 9.13 Å². The third kappa shape index (κ3) is 12.5. The van der Waals surface area contributed by atoms with Gasteiger partial charge in [0.25, 0.3) is 0 Å². The molecule has 21 aromatic rings. The van der Waals surface area contributed by atoms with E-state index < -0.39 is 14.3 Å². The van der Waals surface area contributed by atoms with Crippen molar-refractivity contribution in [1.82, 2.24) is 9.13 Å². The highest BCUT2D eigenvalue weighted by Gasteiger charge is 2.44. The molecule has 4 heterocycles. The van der Waals surface area contributed by atoms with Crippen LogP contribution in [-0.2, 0) is 9.13 Å². The van der Waals surface area contributed by atoms with Gasteiger partial charge in [-0.1, -0.05) is 352 Å². The molecule has 122 heavy (non-hydrogen) atoms. The fourth-order valence-electron chi connectivity index (χ4n) is 18.7. The smallest absolute Gasteiger partial charge is 0.172 e. The summed E-state index contributed by atoms with van der Waals surface area (Å²) in [6.07, 6.45) is 0. The first-order valence-electron chi connectivity index (χ1n) is 41.5. The van der Waals surface area contributed by atoms with Gasteiger partial charge in [0.2, 0.25) is 0 Å². The maximum atomic E-state index is 15.8. The van der Waals surface area contributed by atoms with Gasteiger partial charge in [-0.3, -0.25) is 0 Å². The summed E-state index contributed by atoms with van der Waals surface area (Å²) in [6.45, 7) is 0. The Labute approximate surface area is 709 Å². The molecule has 2 aliphatic heterocycles. The zero-order valence-electron chi connectivity index (χ0n) is 66.5. The molecular formula is C114H78N4O2P2. The molecule has 0 aliphatic carbocycles. The number of nitrogens with zero attached hydrogens (tertiary/aromatic N) is 4. The minimum absolute atomic E-state index is 0.867. The Hall–Kier alpha value is -15.2. The van der Waals surface area contributed by atoms with Gasteiger partial charge in [-0.25, -0.2) is 0 Å². The molecule has 0 radical (unpaired) electrons. The minimum Gasteiger partial charge on any atom is -0.311 e. The number of fused-ring (bicyclic) bond motifs is 14. The quantitative estimate of drug-likeness (QED) is 0.0960. The molecule has 0 spiro atoms. The lowest BCUT2D eigenvalue weighted by Gasteiger charge is -2.26. The highest BCUT2D eigenvalue weighted by molar-refractivity contribution is 7.87. The summed E-state index contributed by atoms with van der Waals surface area (Å²) in [5, 5.41) is 9.80. The number of benzene rings is 19.